The molecule has 10 heavy (non-hydrogen) atoms. The Labute approximate surface area is 59.6 Å². The van der Waals surface area contributed by atoms with Crippen molar-refractivity contribution in [2.75, 3.05) is 0 Å². The highest BCUT2D eigenvalue weighted by Crippen LogP contribution is 2.07. The van der Waals surface area contributed by atoms with Gasteiger partial charge in [0.1, 0.15) is 0 Å². The summed E-state index contributed by atoms with van der Waals surface area (Å²) in [6.07, 6.45) is 1.86. The topological polar surface area (TPSA) is 41.6 Å². The van der Waals surface area contributed by atoms with E-state index in [0.29, 0.717) is 0 Å². The lowest BCUT2D eigenvalue weighted by atomic mass is 10.3. The maximum atomic E-state index is 3.94. The van der Waals surface area contributed by atoms with Crippen molar-refractivity contribution < 1.29 is 1.43 Å². The number of nitrogens with zero attached hydrogens (tertiary/aromatic N) is 2. The summed E-state index contributed by atoms with van der Waals surface area (Å²) < 4.78 is 0. The van der Waals surface area contributed by atoms with Gasteiger partial charge in [0.25, 0.3) is 0 Å². The van der Waals surface area contributed by atoms with Crippen LogP contribution in [0.2, 0.25) is 0 Å². The van der Waals surface area contributed by atoms with Gasteiger partial charge in [-0.15, -0.1) is 5.10 Å². The van der Waals surface area contributed by atoms with Crippen LogP contribution in [0.5, 0.6) is 0 Å². The van der Waals surface area contributed by atoms with Crippen molar-refractivity contribution in [3.05, 3.63) is 24.0 Å². The van der Waals surface area contributed by atoms with Crippen LogP contribution < -0.4 is 0 Å². The maximum Gasteiger partial charge on any atom is 0.159 e. The Balaban J connectivity index is 0.000000605. The van der Waals surface area contributed by atoms with E-state index >= 15 is 0 Å². The molecule has 0 aromatic carbocycles. The average Bonchev–Trinajstić information content (AvgIpc) is 2.33. The Kier molecular flexibility index (Phi) is 0.974. The molecule has 0 spiro atoms. The van der Waals surface area contributed by atoms with Crippen LogP contribution in [0.15, 0.2) is 18.3 Å². The molecule has 3 nitrogen and oxygen atoms in total. The van der Waals surface area contributed by atoms with Crippen molar-refractivity contribution in [3.8, 4) is 0 Å². The Morgan fingerprint density at radius 3 is 3.30 bits per heavy atom. The molecule has 2 aromatic heterocycles. The lowest BCUT2D eigenvalue weighted by Crippen LogP contribution is -1.84. The van der Waals surface area contributed by atoms with Gasteiger partial charge in [0.05, 0.1) is 5.69 Å². The minimum absolute atomic E-state index is 0. The average molecular weight is 135 g/mol. The number of fused-ring (bicyclic) bond motifs is 1. The summed E-state index contributed by atoms with van der Waals surface area (Å²) in [5, 5.41) is 8.95. The van der Waals surface area contributed by atoms with Gasteiger partial charge in [-0.25, -0.2) is 0 Å². The lowest BCUT2D eigenvalue weighted by molar-refractivity contribution is 1.01. The standard InChI is InChI=1S/C7H7N3.H2/c1-5-4-6-2-3-8-7(6)10-9-5;/h2-4H,1H3,(H,8,10);1H. The molecule has 0 unspecified atom stereocenters. The summed E-state index contributed by atoms with van der Waals surface area (Å²) >= 11 is 0. The Hall–Kier alpha value is -1.38. The molecule has 0 bridgehead atoms. The SMILES string of the molecule is Cc1cc2cc[nH]c2nn1.[HH]. The van der Waals surface area contributed by atoms with E-state index < -0.39 is 0 Å². The normalized spacial score (nSPS) is 10.5. The fourth-order valence-corrected chi connectivity index (χ4v) is 0.959. The van der Waals surface area contributed by atoms with Gasteiger partial charge >= 0.3 is 0 Å². The van der Waals surface area contributed by atoms with E-state index in [2.05, 4.69) is 15.2 Å². The number of hydrogen-bond donors (Lipinski definition) is 1. The molecule has 1 N–H and O–H groups in total. The number of H-pyrrole nitrogens is 1. The van der Waals surface area contributed by atoms with E-state index in [-0.39, 0.29) is 1.43 Å². The van der Waals surface area contributed by atoms with E-state index in [1.807, 2.05) is 25.3 Å². The quantitative estimate of drug-likeness (QED) is 0.595. The van der Waals surface area contributed by atoms with Gasteiger partial charge in [-0.3, -0.25) is 0 Å². The molecule has 2 rings (SSSR count). The van der Waals surface area contributed by atoms with Crippen LogP contribution in [0.25, 0.3) is 11.0 Å². The molecule has 0 saturated carbocycles. The molecule has 2 heterocycles. The Morgan fingerprint density at radius 2 is 2.40 bits per heavy atom. The van der Waals surface area contributed by atoms with Crippen LogP contribution in [0.1, 0.15) is 7.12 Å². The molecular weight excluding hydrogens is 126 g/mol. The van der Waals surface area contributed by atoms with Gasteiger partial charge in [0.2, 0.25) is 0 Å². The molecule has 0 aliphatic heterocycles. The van der Waals surface area contributed by atoms with E-state index in [1.165, 1.54) is 0 Å². The number of aryl methyl sites for hydroxylation is 1. The van der Waals surface area contributed by atoms with Crippen molar-refractivity contribution in [1.82, 2.24) is 15.2 Å². The first-order valence-electron chi connectivity index (χ1n) is 3.14. The van der Waals surface area contributed by atoms with Crippen LogP contribution in [0.4, 0.5) is 0 Å². The second kappa shape index (κ2) is 1.80. The zero-order valence-electron chi connectivity index (χ0n) is 5.63. The number of aromatic amines is 1. The van der Waals surface area contributed by atoms with Gasteiger partial charge in [-0.1, -0.05) is 0 Å². The smallest absolute Gasteiger partial charge is 0.159 e. The van der Waals surface area contributed by atoms with Crippen LogP contribution >= 0.6 is 0 Å². The van der Waals surface area contributed by atoms with Crippen LogP contribution in [0, 0.1) is 6.92 Å². The predicted octanol–water partition coefficient (Wildman–Crippen LogP) is 1.51. The molecule has 0 aliphatic rings. The van der Waals surface area contributed by atoms with E-state index in [1.54, 1.807) is 0 Å². The van der Waals surface area contributed by atoms with Gasteiger partial charge in [0.15, 0.2) is 5.65 Å². The molecule has 0 radical (unpaired) electrons. The summed E-state index contributed by atoms with van der Waals surface area (Å²) in [6, 6.07) is 3.98. The van der Waals surface area contributed by atoms with Crippen molar-refractivity contribution in [3.63, 3.8) is 0 Å². The zero-order chi connectivity index (χ0) is 6.97. The Bertz CT molecular complexity index is 355. The third kappa shape index (κ3) is 0.673. The van der Waals surface area contributed by atoms with Gasteiger partial charge in [0, 0.05) is 13.0 Å². The van der Waals surface area contributed by atoms with Crippen LogP contribution in [-0.4, -0.2) is 15.2 Å². The first kappa shape index (κ1) is 5.41. The van der Waals surface area contributed by atoms with Gasteiger partial charge in [-0.2, -0.15) is 5.10 Å². The summed E-state index contributed by atoms with van der Waals surface area (Å²) in [6.45, 7) is 1.93. The Morgan fingerprint density at radius 1 is 1.50 bits per heavy atom. The third-order valence-corrected chi connectivity index (χ3v) is 1.43. The van der Waals surface area contributed by atoms with Crippen molar-refractivity contribution in [1.29, 1.82) is 0 Å². The molecule has 52 valence electrons. The zero-order valence-corrected chi connectivity index (χ0v) is 5.63. The number of nitrogens with one attached hydrogen (secondary N) is 1. The largest absolute Gasteiger partial charge is 0.345 e. The van der Waals surface area contributed by atoms with Crippen molar-refractivity contribution in [2.45, 2.75) is 6.92 Å². The fraction of sp³-hybridized carbons (Fsp3) is 0.143. The second-order valence-electron chi connectivity index (χ2n) is 2.27. The molecule has 0 fully saturated rings. The summed E-state index contributed by atoms with van der Waals surface area (Å²) in [5.74, 6) is 0. The van der Waals surface area contributed by atoms with E-state index in [4.69, 9.17) is 0 Å². The minimum Gasteiger partial charge on any atom is -0.345 e. The van der Waals surface area contributed by atoms with Gasteiger partial charge < -0.3 is 4.98 Å². The van der Waals surface area contributed by atoms with Crippen molar-refractivity contribution in [2.24, 2.45) is 0 Å². The number of rotatable bonds is 0. The fourth-order valence-electron chi connectivity index (χ4n) is 0.959. The first-order chi connectivity index (χ1) is 4.86. The monoisotopic (exact) mass is 135 g/mol. The summed E-state index contributed by atoms with van der Waals surface area (Å²) in [7, 11) is 0. The predicted molar refractivity (Wildman–Crippen MR) is 40.7 cm³/mol. The molecule has 2 aromatic rings. The van der Waals surface area contributed by atoms with Crippen LogP contribution in [-0.2, 0) is 0 Å². The second-order valence-corrected chi connectivity index (χ2v) is 2.27. The number of aromatic nitrogens is 3. The van der Waals surface area contributed by atoms with E-state index in [9.17, 15) is 0 Å². The van der Waals surface area contributed by atoms with Crippen LogP contribution in [0.3, 0.4) is 0 Å². The van der Waals surface area contributed by atoms with Crippen molar-refractivity contribution >= 4 is 11.0 Å². The molecule has 0 aliphatic carbocycles. The molecule has 0 amide bonds. The summed E-state index contributed by atoms with van der Waals surface area (Å²) in [4.78, 5) is 2.97. The first-order valence-corrected chi connectivity index (χ1v) is 3.14. The maximum absolute atomic E-state index is 3.94. The highest BCUT2D eigenvalue weighted by molar-refractivity contribution is 5.74. The highest BCUT2D eigenvalue weighted by atomic mass is 15.1. The molecule has 3 heteroatoms. The third-order valence-electron chi connectivity index (χ3n) is 1.43. The molecular formula is C7H9N3. The molecule has 0 atom stereocenters. The molecule has 0 saturated heterocycles. The lowest BCUT2D eigenvalue weighted by Gasteiger charge is -1.88. The van der Waals surface area contributed by atoms with Gasteiger partial charge in [-0.05, 0) is 19.1 Å². The summed E-state index contributed by atoms with van der Waals surface area (Å²) in [5.41, 5.74) is 1.80. The highest BCUT2D eigenvalue weighted by Gasteiger charge is 1.94. The number of hydrogen-bond acceptors (Lipinski definition) is 2. The van der Waals surface area contributed by atoms with E-state index in [0.717, 1.165) is 16.7 Å². The minimum atomic E-state index is 0.